The van der Waals surface area contributed by atoms with Crippen LogP contribution in [-0.4, -0.2) is 41.9 Å². The van der Waals surface area contributed by atoms with Crippen molar-refractivity contribution in [2.45, 2.75) is 74.9 Å². The van der Waals surface area contributed by atoms with Crippen LogP contribution in [0.2, 0.25) is 0 Å². The van der Waals surface area contributed by atoms with Crippen molar-refractivity contribution in [3.63, 3.8) is 0 Å². The molecule has 0 saturated carbocycles. The third kappa shape index (κ3) is 12.1. The van der Waals surface area contributed by atoms with Gasteiger partial charge in [0.1, 0.15) is 36.4 Å². The molecule has 0 unspecified atom stereocenters. The van der Waals surface area contributed by atoms with Gasteiger partial charge in [0.15, 0.2) is 4.93 Å². The van der Waals surface area contributed by atoms with Gasteiger partial charge < -0.3 is 33.5 Å². The van der Waals surface area contributed by atoms with Crippen LogP contribution in [0.1, 0.15) is 51.4 Å². The van der Waals surface area contributed by atoms with Gasteiger partial charge in [-0.1, -0.05) is 170 Å². The summed E-state index contributed by atoms with van der Waals surface area (Å²) in [6.45, 7) is 4.39. The van der Waals surface area contributed by atoms with Crippen molar-refractivity contribution >= 4 is 11.8 Å². The molecule has 0 spiro atoms. The second-order valence-electron chi connectivity index (χ2n) is 16.0. The van der Waals surface area contributed by atoms with E-state index in [1.54, 1.807) is 0 Å². The Labute approximate surface area is 381 Å². The number of thioether (sulfide) groups is 1. The maximum absolute atomic E-state index is 14.0. The van der Waals surface area contributed by atoms with Gasteiger partial charge in [0.05, 0.1) is 44.9 Å². The Morgan fingerprint density at radius 2 is 0.938 bits per heavy atom. The molecule has 7 aromatic rings. The minimum absolute atomic E-state index is 0.228. The zero-order chi connectivity index (χ0) is 43.8. The molecule has 0 aliphatic carbocycles. The average molecular weight is 873 g/mol. The molecule has 328 valence electrons. The second kappa shape index (κ2) is 22.8. The first kappa shape index (κ1) is 44.9. The molecule has 8 heteroatoms. The molecule has 7 aromatic carbocycles. The molecule has 5 atom stereocenters. The minimum atomic E-state index is -1.72. The van der Waals surface area contributed by atoms with Gasteiger partial charge in [0.2, 0.25) is 0 Å². The Balaban J connectivity index is 1.23. The Kier molecular flexibility index (Phi) is 16.0. The van der Waals surface area contributed by atoms with E-state index in [4.69, 9.17) is 28.4 Å². The fraction of sp³-hybridized carbons (Fsp3) is 0.250. The molecule has 0 bridgehead atoms. The summed E-state index contributed by atoms with van der Waals surface area (Å²) in [6, 6.07) is 64.8. The van der Waals surface area contributed by atoms with E-state index in [9.17, 15) is 5.11 Å². The zero-order valence-electron chi connectivity index (χ0n) is 36.2. The van der Waals surface area contributed by atoms with Gasteiger partial charge in [-0.3, -0.25) is 0 Å². The van der Waals surface area contributed by atoms with E-state index in [1.165, 1.54) is 11.8 Å². The molecule has 0 amide bonds. The molecule has 0 aromatic heterocycles. The maximum Gasteiger partial charge on any atom is 0.168 e. The van der Waals surface area contributed by atoms with Crippen molar-refractivity contribution in [1.82, 2.24) is 0 Å². The van der Waals surface area contributed by atoms with Crippen molar-refractivity contribution < 1.29 is 33.5 Å². The lowest BCUT2D eigenvalue weighted by atomic mass is 9.91. The van der Waals surface area contributed by atoms with Gasteiger partial charge in [0, 0.05) is 5.56 Å². The molecule has 1 N–H and O–H groups in total. The third-order valence-electron chi connectivity index (χ3n) is 11.3. The monoisotopic (exact) mass is 872 g/mol. The Morgan fingerprint density at radius 1 is 0.469 bits per heavy atom. The predicted octanol–water partition coefficient (Wildman–Crippen LogP) is 11.5. The average Bonchev–Trinajstić information content (AvgIpc) is 3.34. The van der Waals surface area contributed by atoms with Crippen molar-refractivity contribution in [2.24, 2.45) is 0 Å². The summed E-state index contributed by atoms with van der Waals surface area (Å²) in [5.41, 5.74) is 7.77. The summed E-state index contributed by atoms with van der Waals surface area (Å²) in [6.07, 6.45) is -1.64. The van der Waals surface area contributed by atoms with E-state index in [0.29, 0.717) is 44.2 Å². The van der Waals surface area contributed by atoms with E-state index in [-0.39, 0.29) is 19.8 Å². The number of aliphatic hydroxyl groups is 1. The number of hydrogen-bond donors (Lipinski definition) is 1. The van der Waals surface area contributed by atoms with E-state index in [0.717, 1.165) is 44.7 Å². The highest BCUT2D eigenvalue weighted by Crippen LogP contribution is 2.53. The van der Waals surface area contributed by atoms with Crippen LogP contribution in [0.3, 0.4) is 0 Å². The van der Waals surface area contributed by atoms with Crippen LogP contribution >= 0.6 is 11.8 Å². The van der Waals surface area contributed by atoms with Crippen LogP contribution in [0, 0.1) is 0 Å². The molecule has 1 heterocycles. The molecular weight excluding hydrogens is 817 g/mol. The lowest BCUT2D eigenvalue weighted by Gasteiger charge is -2.50. The van der Waals surface area contributed by atoms with Crippen LogP contribution in [0.5, 0.6) is 11.5 Å². The zero-order valence-corrected chi connectivity index (χ0v) is 37.1. The molecule has 0 radical (unpaired) electrons. The van der Waals surface area contributed by atoms with Gasteiger partial charge in [-0.15, -0.1) is 11.8 Å². The number of rotatable bonds is 21. The van der Waals surface area contributed by atoms with Gasteiger partial charge in [0.25, 0.3) is 0 Å². The van der Waals surface area contributed by atoms with Gasteiger partial charge in [-0.05, 0) is 76.6 Å². The first-order chi connectivity index (χ1) is 31.5. The molecule has 64 heavy (non-hydrogen) atoms. The fourth-order valence-corrected chi connectivity index (χ4v) is 9.62. The quantitative estimate of drug-likeness (QED) is 0.0765. The molecule has 1 saturated heterocycles. The summed E-state index contributed by atoms with van der Waals surface area (Å²) < 4.78 is 40.2. The summed E-state index contributed by atoms with van der Waals surface area (Å²) >= 11 is 1.40. The predicted molar refractivity (Wildman–Crippen MR) is 254 cm³/mol. The Morgan fingerprint density at radius 3 is 1.47 bits per heavy atom. The highest BCUT2D eigenvalue weighted by atomic mass is 32.2. The van der Waals surface area contributed by atoms with Gasteiger partial charge >= 0.3 is 0 Å². The molecule has 1 aliphatic rings. The normalized spacial score (nSPS) is 19.5. The van der Waals surface area contributed by atoms with Crippen molar-refractivity contribution in [3.05, 3.63) is 239 Å². The van der Waals surface area contributed by atoms with Crippen LogP contribution in [0.15, 0.2) is 194 Å². The van der Waals surface area contributed by atoms with E-state index < -0.39 is 28.5 Å². The maximum atomic E-state index is 14.0. The van der Waals surface area contributed by atoms with Gasteiger partial charge in [-0.2, -0.15) is 0 Å². The molecule has 1 aliphatic heterocycles. The highest BCUT2D eigenvalue weighted by Gasteiger charge is 2.57. The number of hydrogen-bond acceptors (Lipinski definition) is 8. The van der Waals surface area contributed by atoms with Crippen molar-refractivity contribution in [3.8, 4) is 11.5 Å². The van der Waals surface area contributed by atoms with Crippen LogP contribution in [-0.2, 0) is 63.3 Å². The molecular formula is C56H56O7S. The molecule has 1 fully saturated rings. The third-order valence-corrected chi connectivity index (χ3v) is 12.8. The first-order valence-electron chi connectivity index (χ1n) is 22.0. The smallest absolute Gasteiger partial charge is 0.168 e. The standard InChI is InChI=1S/C56H56O7S/c1-2-59-49-31-28-42(29-32-49)34-48-30-33-51(60-37-44-20-10-4-11-21-44)50(35-48)56(57)55(63-40-47-26-16-7-17-27-47)54(62-39-46-24-14-6-15-25-46)53(61-38-45-22-12-5-13-23-45)52(64-56)41-58-36-43-18-8-3-9-19-43/h3-33,35,52-55,57H,2,34,36-41H2,1H3/t52-,53+,54-,55+,56-/m0/s1. The Bertz CT molecular complexity index is 2420. The summed E-state index contributed by atoms with van der Waals surface area (Å²) in [4.78, 5) is -1.72. The molecule has 7 nitrogen and oxygen atoms in total. The van der Waals surface area contributed by atoms with Gasteiger partial charge in [-0.25, -0.2) is 0 Å². The van der Waals surface area contributed by atoms with E-state index in [2.05, 4.69) is 48.5 Å². The van der Waals surface area contributed by atoms with E-state index >= 15 is 0 Å². The van der Waals surface area contributed by atoms with E-state index in [1.807, 2.05) is 153 Å². The lowest BCUT2D eigenvalue weighted by Crippen LogP contribution is -2.61. The van der Waals surface area contributed by atoms with Crippen LogP contribution in [0.25, 0.3) is 0 Å². The van der Waals surface area contributed by atoms with Crippen molar-refractivity contribution in [2.75, 3.05) is 13.2 Å². The highest BCUT2D eigenvalue weighted by molar-refractivity contribution is 8.00. The minimum Gasteiger partial charge on any atom is -0.494 e. The molecule has 8 rings (SSSR count). The summed E-state index contributed by atoms with van der Waals surface area (Å²) in [5.74, 6) is 1.38. The first-order valence-corrected chi connectivity index (χ1v) is 22.9. The van der Waals surface area contributed by atoms with Crippen molar-refractivity contribution in [1.29, 1.82) is 0 Å². The summed E-state index contributed by atoms with van der Waals surface area (Å²) in [5, 5.41) is 13.5. The number of benzene rings is 7. The fourth-order valence-electron chi connectivity index (χ4n) is 8.00. The van der Waals surface area contributed by atoms with Crippen LogP contribution in [0.4, 0.5) is 0 Å². The lowest BCUT2D eigenvalue weighted by molar-refractivity contribution is -0.199. The topological polar surface area (TPSA) is 75.6 Å². The second-order valence-corrected chi connectivity index (χ2v) is 17.4. The Hall–Kier alpha value is -5.71. The SMILES string of the molecule is CCOc1ccc(Cc2ccc(OCc3ccccc3)c([C@]3(O)S[C@@H](COCc4ccccc4)[C@@H](OCc4ccccc4)[C@H](OCc4ccccc4)[C@H]3OCc3ccccc3)c2)cc1. The van der Waals surface area contributed by atoms with Crippen LogP contribution < -0.4 is 9.47 Å². The number of ether oxygens (including phenoxy) is 6. The largest absolute Gasteiger partial charge is 0.494 e. The summed E-state index contributed by atoms with van der Waals surface area (Å²) in [7, 11) is 0.